The van der Waals surface area contributed by atoms with E-state index in [1.54, 1.807) is 36.4 Å². The van der Waals surface area contributed by atoms with E-state index in [1.807, 2.05) is 0 Å². The van der Waals surface area contributed by atoms with Gasteiger partial charge in [-0.05, 0) is 92.7 Å². The van der Waals surface area contributed by atoms with Crippen LogP contribution in [-0.2, 0) is 28.7 Å². The van der Waals surface area contributed by atoms with Crippen LogP contribution in [0, 0.1) is 0 Å². The Bertz CT molecular complexity index is 1430. The number of carbonyl (C=O) groups excluding carboxylic acids is 4. The van der Waals surface area contributed by atoms with Gasteiger partial charge in [0, 0.05) is 0 Å². The second kappa shape index (κ2) is 16.5. The molecule has 222 valence electrons. The molecule has 0 unspecified atom stereocenters. The van der Waals surface area contributed by atoms with Gasteiger partial charge >= 0.3 is 23.9 Å². The maximum Gasteiger partial charge on any atom is 0.346 e. The van der Waals surface area contributed by atoms with Crippen molar-refractivity contribution in [1.82, 2.24) is 0 Å². The van der Waals surface area contributed by atoms with Gasteiger partial charge in [-0.2, -0.15) is 0 Å². The molecule has 4 aromatic rings. The maximum absolute atomic E-state index is 11.6. The quantitative estimate of drug-likeness (QED) is 0.171. The number of aryl methyl sites for hydroxylation is 2. The van der Waals surface area contributed by atoms with Crippen LogP contribution < -0.4 is 11.5 Å². The fraction of sp³-hybridized carbons (Fsp3) is 0.200. The fourth-order valence-electron chi connectivity index (χ4n) is 4.67. The minimum absolute atomic E-state index is 0.239. The highest BCUT2D eigenvalue weighted by atomic mass is 16.6. The summed E-state index contributed by atoms with van der Waals surface area (Å²) in [6.45, 7) is 0. The molecule has 4 aromatic carbocycles. The number of ether oxygens (including phenoxy) is 2. The van der Waals surface area contributed by atoms with E-state index < -0.39 is 23.9 Å². The Kier molecular flexibility index (Phi) is 12.5. The molecule has 0 aromatic heterocycles. The number of cyclic esters (lactones) is 4. The minimum Gasteiger partial charge on any atom is -0.386 e. The van der Waals surface area contributed by atoms with Gasteiger partial charge in [0.05, 0.1) is 22.3 Å². The average Bonchev–Trinajstić information content (AvgIpc) is 3.50. The highest BCUT2D eigenvalue weighted by Gasteiger charge is 2.31. The maximum atomic E-state index is 11.6. The van der Waals surface area contributed by atoms with E-state index in [2.05, 4.69) is 81.6 Å². The van der Waals surface area contributed by atoms with Gasteiger partial charge < -0.3 is 20.9 Å². The largest absolute Gasteiger partial charge is 0.386 e. The average molecular weight is 581 g/mol. The minimum atomic E-state index is -0.657. The molecule has 4 N–H and O–H groups in total. The van der Waals surface area contributed by atoms with Crippen molar-refractivity contribution < 1.29 is 28.7 Å². The second-order valence-electron chi connectivity index (χ2n) is 9.47. The molecule has 0 radical (unpaired) electrons. The van der Waals surface area contributed by atoms with E-state index in [0.717, 1.165) is 11.1 Å². The van der Waals surface area contributed by atoms with Crippen molar-refractivity contribution >= 4 is 23.9 Å². The molecular weight excluding hydrogens is 544 g/mol. The molecule has 0 saturated heterocycles. The summed E-state index contributed by atoms with van der Waals surface area (Å²) in [5.74, 6) is -2.60. The summed E-state index contributed by atoms with van der Waals surface area (Å²) >= 11 is 0. The number of unbranched alkanes of at least 4 members (excludes halogenated alkanes) is 1. The van der Waals surface area contributed by atoms with Crippen LogP contribution >= 0.6 is 0 Å². The van der Waals surface area contributed by atoms with E-state index in [-0.39, 0.29) is 22.3 Å². The van der Waals surface area contributed by atoms with Crippen molar-refractivity contribution in [2.45, 2.75) is 32.1 Å². The summed E-state index contributed by atoms with van der Waals surface area (Å²) in [4.78, 5) is 46.0. The molecular formula is C35H36N2O6. The van der Waals surface area contributed by atoms with Gasteiger partial charge in [0.2, 0.25) is 0 Å². The van der Waals surface area contributed by atoms with Crippen LogP contribution in [0.3, 0.4) is 0 Å². The molecule has 43 heavy (non-hydrogen) atoms. The third kappa shape index (κ3) is 8.78. The Morgan fingerprint density at radius 1 is 0.442 bits per heavy atom. The number of esters is 4. The van der Waals surface area contributed by atoms with Crippen molar-refractivity contribution in [1.29, 1.82) is 0 Å². The van der Waals surface area contributed by atoms with Gasteiger partial charge in [-0.25, -0.2) is 19.2 Å². The van der Waals surface area contributed by atoms with E-state index in [4.69, 9.17) is 0 Å². The molecule has 0 fully saturated rings. The number of carbonyl (C=O) groups is 4. The predicted octanol–water partition coefficient (Wildman–Crippen LogP) is 5.30. The number of hydrogen-bond acceptors (Lipinski definition) is 8. The molecule has 8 nitrogen and oxygen atoms in total. The molecule has 0 saturated carbocycles. The zero-order valence-electron chi connectivity index (χ0n) is 24.4. The summed E-state index contributed by atoms with van der Waals surface area (Å²) in [5.41, 5.74) is 14.5. The van der Waals surface area contributed by atoms with Crippen LogP contribution in [-0.4, -0.2) is 38.0 Å². The van der Waals surface area contributed by atoms with Crippen LogP contribution in [0.2, 0.25) is 0 Å². The standard InChI is InChI=1S/C17H8O6.C16H18.2CH5N/c18-14-10-3-1-8(6-12(10)16(20)22-14)5-9-2-4-11-13(7-9)17(21)23-15(11)19;1-3-9-15(10-4-1)13-7-8-14-16-11-5-2-6-12-16;2*1-2/h1-4,6-7H,5H2;1-6,9-12H,7-8,13-14H2;2*2H2,1H3. The first-order chi connectivity index (χ1) is 21.0. The lowest BCUT2D eigenvalue weighted by Crippen LogP contribution is -1.98. The van der Waals surface area contributed by atoms with E-state index >= 15 is 0 Å². The van der Waals surface area contributed by atoms with Crippen LogP contribution in [0.15, 0.2) is 97.1 Å². The predicted molar refractivity (Wildman–Crippen MR) is 165 cm³/mol. The summed E-state index contributed by atoms with van der Waals surface area (Å²) in [6.07, 6.45) is 5.39. The number of hydrogen-bond donors (Lipinski definition) is 2. The summed E-state index contributed by atoms with van der Waals surface area (Å²) in [6, 6.07) is 31.2. The molecule has 0 spiro atoms. The summed E-state index contributed by atoms with van der Waals surface area (Å²) in [5, 5.41) is 0. The number of benzene rings is 4. The number of fused-ring (bicyclic) bond motifs is 2. The van der Waals surface area contributed by atoms with E-state index in [1.165, 1.54) is 50.9 Å². The number of rotatable bonds is 7. The Morgan fingerprint density at radius 3 is 1.16 bits per heavy atom. The third-order valence-electron chi connectivity index (χ3n) is 6.69. The molecule has 8 heteroatoms. The summed E-state index contributed by atoms with van der Waals surface area (Å²) < 4.78 is 9.09. The summed E-state index contributed by atoms with van der Waals surface area (Å²) in [7, 11) is 3.00. The van der Waals surface area contributed by atoms with Crippen molar-refractivity contribution in [3.05, 3.63) is 142 Å². The van der Waals surface area contributed by atoms with Crippen LogP contribution in [0.1, 0.15) is 76.5 Å². The van der Waals surface area contributed by atoms with Crippen molar-refractivity contribution in [3.63, 3.8) is 0 Å². The Hall–Kier alpha value is -4.92. The SMILES string of the molecule is CN.CN.O=C1OC(=O)c2cc(Cc3ccc4c(c3)C(=O)OC4=O)ccc21.c1ccc(CCCCc2ccccc2)cc1. The normalized spacial score (nSPS) is 12.3. The Balaban J connectivity index is 0.000000223. The first-order valence-electron chi connectivity index (χ1n) is 14.0. The van der Waals surface area contributed by atoms with Crippen LogP contribution in [0.25, 0.3) is 0 Å². The molecule has 2 aliphatic heterocycles. The monoisotopic (exact) mass is 580 g/mol. The van der Waals surface area contributed by atoms with Gasteiger partial charge in [0.25, 0.3) is 0 Å². The lowest BCUT2D eigenvalue weighted by molar-refractivity contribution is 0.0425. The molecule has 0 amide bonds. The zero-order valence-corrected chi connectivity index (χ0v) is 24.4. The second-order valence-corrected chi connectivity index (χ2v) is 9.47. The van der Waals surface area contributed by atoms with Gasteiger partial charge in [-0.1, -0.05) is 72.8 Å². The molecule has 0 atom stereocenters. The van der Waals surface area contributed by atoms with Crippen LogP contribution in [0.4, 0.5) is 0 Å². The lowest BCUT2D eigenvalue weighted by Gasteiger charge is -2.04. The highest BCUT2D eigenvalue weighted by Crippen LogP contribution is 2.25. The first-order valence-corrected chi connectivity index (χ1v) is 14.0. The Morgan fingerprint density at radius 2 is 0.791 bits per heavy atom. The van der Waals surface area contributed by atoms with Crippen molar-refractivity contribution in [3.8, 4) is 0 Å². The van der Waals surface area contributed by atoms with E-state index in [9.17, 15) is 19.2 Å². The fourth-order valence-corrected chi connectivity index (χ4v) is 4.67. The smallest absolute Gasteiger partial charge is 0.346 e. The zero-order chi connectivity index (χ0) is 31.2. The third-order valence-corrected chi connectivity index (χ3v) is 6.69. The molecule has 2 heterocycles. The molecule has 0 aliphatic carbocycles. The van der Waals surface area contributed by atoms with Gasteiger partial charge in [0.1, 0.15) is 0 Å². The van der Waals surface area contributed by atoms with Gasteiger partial charge in [-0.15, -0.1) is 0 Å². The van der Waals surface area contributed by atoms with Crippen molar-refractivity contribution in [2.75, 3.05) is 14.1 Å². The molecule has 6 rings (SSSR count). The molecule has 2 aliphatic rings. The molecule has 0 bridgehead atoms. The van der Waals surface area contributed by atoms with E-state index in [0.29, 0.717) is 6.42 Å². The topological polar surface area (TPSA) is 139 Å². The highest BCUT2D eigenvalue weighted by molar-refractivity contribution is 6.15. The lowest BCUT2D eigenvalue weighted by atomic mass is 9.98. The van der Waals surface area contributed by atoms with Gasteiger partial charge in [-0.3, -0.25) is 0 Å². The van der Waals surface area contributed by atoms with Gasteiger partial charge in [0.15, 0.2) is 0 Å². The van der Waals surface area contributed by atoms with Crippen molar-refractivity contribution in [2.24, 2.45) is 11.5 Å². The number of nitrogens with two attached hydrogens (primary N) is 2. The van der Waals surface area contributed by atoms with Crippen LogP contribution in [0.5, 0.6) is 0 Å². The first kappa shape index (κ1) is 32.6. The Labute approximate surface area is 251 Å².